The van der Waals surface area contributed by atoms with Crippen molar-refractivity contribution in [1.29, 1.82) is 10.5 Å². The monoisotopic (exact) mass is 334 g/mol. The van der Waals surface area contributed by atoms with Crippen molar-refractivity contribution < 1.29 is 23.9 Å². The van der Waals surface area contributed by atoms with E-state index in [0.29, 0.717) is 6.42 Å². The van der Waals surface area contributed by atoms with Gasteiger partial charge in [0.15, 0.2) is 10.8 Å². The highest BCUT2D eigenvalue weighted by atomic mass is 16.5. The molecule has 0 radical (unpaired) electrons. The van der Waals surface area contributed by atoms with Crippen molar-refractivity contribution in [2.45, 2.75) is 46.5 Å². The molecule has 1 aliphatic carbocycles. The lowest BCUT2D eigenvalue weighted by Gasteiger charge is -2.44. The minimum absolute atomic E-state index is 0.0635. The molecular weight excluding hydrogens is 312 g/mol. The largest absolute Gasteiger partial charge is 0.465 e. The fourth-order valence-electron chi connectivity index (χ4n) is 3.42. The van der Waals surface area contributed by atoms with Gasteiger partial charge < -0.3 is 14.3 Å². The number of nitriles is 2. The number of ether oxygens (including phenoxy) is 2. The Labute approximate surface area is 141 Å². The van der Waals surface area contributed by atoms with Gasteiger partial charge in [0.1, 0.15) is 5.78 Å². The molecule has 1 fully saturated rings. The summed E-state index contributed by atoms with van der Waals surface area (Å²) >= 11 is 0. The van der Waals surface area contributed by atoms with E-state index >= 15 is 0 Å². The summed E-state index contributed by atoms with van der Waals surface area (Å²) in [4.78, 5) is 36.8. The maximum absolute atomic E-state index is 12.5. The Hall–Kier alpha value is -2.41. The van der Waals surface area contributed by atoms with Crippen molar-refractivity contribution in [2.75, 3.05) is 13.2 Å². The predicted octanol–water partition coefficient (Wildman–Crippen LogP) is 1.91. The number of Topliss-reactive ketones (excluding diaryl/α,β-unsaturated/α-hetero) is 1. The van der Waals surface area contributed by atoms with Crippen LogP contribution in [0.5, 0.6) is 0 Å². The molecule has 7 nitrogen and oxygen atoms in total. The third kappa shape index (κ3) is 3.26. The van der Waals surface area contributed by atoms with Crippen LogP contribution < -0.4 is 0 Å². The zero-order valence-electron chi connectivity index (χ0n) is 14.3. The lowest BCUT2D eigenvalue weighted by atomic mass is 9.54. The van der Waals surface area contributed by atoms with E-state index in [9.17, 15) is 24.9 Å². The summed E-state index contributed by atoms with van der Waals surface area (Å²) in [6.45, 7) is 4.64. The minimum Gasteiger partial charge on any atom is -0.465 e. The maximum Gasteiger partial charge on any atom is 0.326 e. The number of rotatable bonds is 6. The second-order valence-electron chi connectivity index (χ2n) is 5.92. The third-order valence-electron chi connectivity index (χ3n) is 4.50. The van der Waals surface area contributed by atoms with E-state index in [4.69, 9.17) is 9.47 Å². The molecule has 0 N–H and O–H groups in total. The molecule has 1 rings (SSSR count). The molecule has 7 heteroatoms. The summed E-state index contributed by atoms with van der Waals surface area (Å²) in [6, 6.07) is 3.92. The van der Waals surface area contributed by atoms with Gasteiger partial charge in [-0.3, -0.25) is 9.59 Å². The minimum atomic E-state index is -1.71. The molecule has 0 spiro atoms. The van der Waals surface area contributed by atoms with Crippen LogP contribution in [0, 0.1) is 39.4 Å². The molecule has 1 saturated carbocycles. The molecular formula is C17H22N2O5. The molecule has 24 heavy (non-hydrogen) atoms. The van der Waals surface area contributed by atoms with Gasteiger partial charge in [-0.05, 0) is 40.0 Å². The Morgan fingerprint density at radius 2 is 1.42 bits per heavy atom. The van der Waals surface area contributed by atoms with E-state index in [1.54, 1.807) is 13.8 Å². The fourth-order valence-corrected chi connectivity index (χ4v) is 3.42. The summed E-state index contributed by atoms with van der Waals surface area (Å²) < 4.78 is 10.1. The van der Waals surface area contributed by atoms with Crippen LogP contribution in [-0.2, 0) is 23.9 Å². The molecule has 0 aromatic carbocycles. The van der Waals surface area contributed by atoms with E-state index < -0.39 is 28.7 Å². The second kappa shape index (κ2) is 7.92. The van der Waals surface area contributed by atoms with Crippen LogP contribution >= 0.6 is 0 Å². The van der Waals surface area contributed by atoms with Crippen LogP contribution in [0.25, 0.3) is 0 Å². The van der Waals surface area contributed by atoms with Crippen molar-refractivity contribution >= 4 is 17.7 Å². The van der Waals surface area contributed by atoms with Crippen molar-refractivity contribution in [3.8, 4) is 12.1 Å². The van der Waals surface area contributed by atoms with Crippen molar-refractivity contribution in [3.63, 3.8) is 0 Å². The number of ketones is 1. The van der Waals surface area contributed by atoms with E-state index in [2.05, 4.69) is 0 Å². The van der Waals surface area contributed by atoms with Crippen LogP contribution in [0.3, 0.4) is 0 Å². The molecule has 1 aliphatic rings. The average molecular weight is 334 g/mol. The zero-order chi connectivity index (χ0) is 18.4. The summed E-state index contributed by atoms with van der Waals surface area (Å²) in [5, 5.41) is 19.5. The smallest absolute Gasteiger partial charge is 0.326 e. The molecule has 0 heterocycles. The lowest BCUT2D eigenvalue weighted by molar-refractivity contribution is -0.170. The van der Waals surface area contributed by atoms with Crippen molar-refractivity contribution in [2.24, 2.45) is 16.7 Å². The van der Waals surface area contributed by atoms with Crippen LogP contribution in [0.2, 0.25) is 0 Å². The SMILES string of the molecule is CCOC(=O)[C@@]1(C#N)CCC[C@](C#N)(C(=O)OCC)C1CC(C)=O. The van der Waals surface area contributed by atoms with Gasteiger partial charge in [-0.15, -0.1) is 0 Å². The highest BCUT2D eigenvalue weighted by Crippen LogP contribution is 2.54. The molecule has 0 aliphatic heterocycles. The van der Waals surface area contributed by atoms with Gasteiger partial charge in [0, 0.05) is 12.3 Å². The molecule has 0 aromatic heterocycles. The number of nitrogens with zero attached hydrogens (tertiary/aromatic N) is 2. The van der Waals surface area contributed by atoms with Crippen LogP contribution in [-0.4, -0.2) is 30.9 Å². The zero-order valence-corrected chi connectivity index (χ0v) is 14.3. The van der Waals surface area contributed by atoms with Gasteiger partial charge >= 0.3 is 11.9 Å². The normalized spacial score (nSPS) is 26.7. The van der Waals surface area contributed by atoms with Crippen LogP contribution in [0.1, 0.15) is 46.5 Å². The molecule has 0 saturated heterocycles. The average Bonchev–Trinajstić information content (AvgIpc) is 2.55. The van der Waals surface area contributed by atoms with Crippen molar-refractivity contribution in [1.82, 2.24) is 0 Å². The number of carbonyl (C=O) groups is 3. The van der Waals surface area contributed by atoms with Gasteiger partial charge in [0.25, 0.3) is 0 Å². The first-order valence-corrected chi connectivity index (χ1v) is 8.01. The summed E-state index contributed by atoms with van der Waals surface area (Å²) in [6.07, 6.45) is 0.359. The Bertz CT molecular complexity index is 559. The highest BCUT2D eigenvalue weighted by Gasteiger charge is 2.63. The molecule has 0 bridgehead atoms. The van der Waals surface area contributed by atoms with E-state index in [0.717, 1.165) is 0 Å². The maximum atomic E-state index is 12.5. The van der Waals surface area contributed by atoms with Gasteiger partial charge in [0.2, 0.25) is 0 Å². The number of hydrogen-bond acceptors (Lipinski definition) is 7. The van der Waals surface area contributed by atoms with Crippen LogP contribution in [0.15, 0.2) is 0 Å². The molecule has 0 amide bonds. The van der Waals surface area contributed by atoms with E-state index in [1.807, 2.05) is 12.1 Å². The van der Waals surface area contributed by atoms with E-state index in [-0.39, 0.29) is 38.3 Å². The predicted molar refractivity (Wildman–Crippen MR) is 82.0 cm³/mol. The highest BCUT2D eigenvalue weighted by molar-refractivity contribution is 5.88. The Balaban J connectivity index is 3.52. The Kier molecular flexibility index (Phi) is 6.48. The first-order valence-electron chi connectivity index (χ1n) is 8.01. The first kappa shape index (κ1) is 19.6. The fraction of sp³-hybridized carbons (Fsp3) is 0.706. The summed E-state index contributed by atoms with van der Waals surface area (Å²) in [5.41, 5.74) is -3.41. The van der Waals surface area contributed by atoms with Gasteiger partial charge in [-0.25, -0.2) is 0 Å². The molecule has 0 aromatic rings. The van der Waals surface area contributed by atoms with E-state index in [1.165, 1.54) is 6.92 Å². The summed E-state index contributed by atoms with van der Waals surface area (Å²) in [7, 11) is 0. The van der Waals surface area contributed by atoms with Crippen molar-refractivity contribution in [3.05, 3.63) is 0 Å². The first-order chi connectivity index (χ1) is 11.3. The van der Waals surface area contributed by atoms with Gasteiger partial charge in [-0.2, -0.15) is 10.5 Å². The van der Waals surface area contributed by atoms with Gasteiger partial charge in [0.05, 0.1) is 25.4 Å². The lowest BCUT2D eigenvalue weighted by Crippen LogP contribution is -2.54. The second-order valence-corrected chi connectivity index (χ2v) is 5.92. The quantitative estimate of drug-likeness (QED) is 0.681. The standard InChI is InChI=1S/C17H22N2O5/c1-4-23-14(21)16(10-18)7-6-8-17(11-19,15(22)24-5-2)13(16)9-12(3)20/h13H,4-9H2,1-3H3/t16-,17-/m1/s1. The number of esters is 2. The summed E-state index contributed by atoms with van der Waals surface area (Å²) in [5.74, 6) is -2.98. The van der Waals surface area contributed by atoms with Crippen LogP contribution in [0.4, 0.5) is 0 Å². The molecule has 0 unspecified atom stereocenters. The van der Waals surface area contributed by atoms with Gasteiger partial charge in [-0.1, -0.05) is 0 Å². The Morgan fingerprint density at radius 1 is 1.00 bits per heavy atom. The Morgan fingerprint density at radius 3 is 1.71 bits per heavy atom. The third-order valence-corrected chi connectivity index (χ3v) is 4.50. The number of hydrogen-bond donors (Lipinski definition) is 0. The topological polar surface area (TPSA) is 117 Å². The number of carbonyl (C=O) groups excluding carboxylic acids is 3. The molecule has 130 valence electrons. The molecule has 2 atom stereocenters.